The standard InChI is InChI=1S/C22H19Cl2NO3.C19H30O5/c1-22(2)17(12-19(23)24)20(22)21(26)28-18(13-25)14-7-6-10-16(11-14)27-15-8-4-3-5-9-15;1-3-5-7-20-8-9-21-10-11-22-14-17-13-19-18(23-15-24-19)12-16(17)6-4-2/h3-12,17-18,20H,1-2H3;12-13H,3-11,14-15H2,1-2H3/t17-,18+,20-;/m0./s1. The second-order valence-electron chi connectivity index (χ2n) is 13.1. The second-order valence-corrected chi connectivity index (χ2v) is 14.1. The van der Waals surface area contributed by atoms with Gasteiger partial charge in [0.2, 0.25) is 12.9 Å². The number of para-hydroxylation sites is 1. The van der Waals surface area contributed by atoms with Crippen molar-refractivity contribution in [2.24, 2.45) is 17.3 Å². The number of ether oxygens (including phenoxy) is 7. The minimum absolute atomic E-state index is 0.114. The highest BCUT2D eigenvalue weighted by Gasteiger charge is 2.62. The van der Waals surface area contributed by atoms with Crippen LogP contribution in [-0.2, 0) is 36.8 Å². The van der Waals surface area contributed by atoms with Gasteiger partial charge in [0.05, 0.1) is 39.0 Å². The number of halogens is 2. The number of benzene rings is 3. The van der Waals surface area contributed by atoms with Gasteiger partial charge in [-0.1, -0.05) is 94.1 Å². The second kappa shape index (κ2) is 21.1. The Morgan fingerprint density at radius 2 is 1.54 bits per heavy atom. The number of aryl methyl sites for hydroxylation is 1. The van der Waals surface area contributed by atoms with Crippen molar-refractivity contribution in [3.63, 3.8) is 0 Å². The van der Waals surface area contributed by atoms with Crippen molar-refractivity contribution in [1.29, 1.82) is 5.26 Å². The molecule has 0 aromatic heterocycles. The Balaban J connectivity index is 0.000000236. The van der Waals surface area contributed by atoms with Crippen LogP contribution in [0.3, 0.4) is 0 Å². The molecule has 0 unspecified atom stereocenters. The lowest BCUT2D eigenvalue weighted by molar-refractivity contribution is -0.149. The maximum absolute atomic E-state index is 12.6. The number of rotatable bonds is 19. The van der Waals surface area contributed by atoms with Crippen LogP contribution in [-0.4, -0.2) is 45.8 Å². The average molecular weight is 755 g/mol. The zero-order chi connectivity index (χ0) is 37.3. The molecule has 0 N–H and O–H groups in total. The summed E-state index contributed by atoms with van der Waals surface area (Å²) in [5, 5.41) is 9.53. The molecule has 1 saturated carbocycles. The molecule has 0 saturated heterocycles. The fourth-order valence-corrected chi connectivity index (χ4v) is 6.10. The molecule has 0 bridgehead atoms. The molecule has 1 aliphatic carbocycles. The van der Waals surface area contributed by atoms with Crippen molar-refractivity contribution in [3.8, 4) is 29.1 Å². The molecule has 280 valence electrons. The number of allylic oxidation sites excluding steroid dienone is 1. The average Bonchev–Trinajstić information content (AvgIpc) is 3.40. The Morgan fingerprint density at radius 3 is 2.19 bits per heavy atom. The molecule has 11 heteroatoms. The molecule has 3 aromatic carbocycles. The van der Waals surface area contributed by atoms with E-state index < -0.39 is 12.1 Å². The van der Waals surface area contributed by atoms with Crippen LogP contribution in [0, 0.1) is 28.6 Å². The van der Waals surface area contributed by atoms with E-state index in [0.29, 0.717) is 56.9 Å². The molecule has 3 aromatic rings. The number of hydrogen-bond acceptors (Lipinski definition) is 9. The van der Waals surface area contributed by atoms with Crippen molar-refractivity contribution in [1.82, 2.24) is 0 Å². The maximum Gasteiger partial charge on any atom is 0.311 e. The van der Waals surface area contributed by atoms with Crippen LogP contribution >= 0.6 is 23.2 Å². The van der Waals surface area contributed by atoms with Crippen molar-refractivity contribution >= 4 is 29.2 Å². The van der Waals surface area contributed by atoms with Gasteiger partial charge < -0.3 is 33.2 Å². The molecule has 0 radical (unpaired) electrons. The summed E-state index contributed by atoms with van der Waals surface area (Å²) in [7, 11) is 0. The third-order valence-electron chi connectivity index (χ3n) is 8.82. The van der Waals surface area contributed by atoms with Gasteiger partial charge in [-0.15, -0.1) is 0 Å². The van der Waals surface area contributed by atoms with E-state index >= 15 is 0 Å². The van der Waals surface area contributed by atoms with E-state index in [4.69, 9.17) is 56.4 Å². The van der Waals surface area contributed by atoms with E-state index in [2.05, 4.69) is 19.9 Å². The number of nitriles is 1. The van der Waals surface area contributed by atoms with E-state index in [9.17, 15) is 10.1 Å². The molecule has 1 aliphatic heterocycles. The Hall–Kier alpha value is -3.78. The Bertz CT molecular complexity index is 1640. The van der Waals surface area contributed by atoms with Gasteiger partial charge in [0, 0.05) is 12.2 Å². The first-order valence-corrected chi connectivity index (χ1v) is 18.5. The zero-order valence-corrected chi connectivity index (χ0v) is 31.9. The van der Waals surface area contributed by atoms with Gasteiger partial charge in [-0.3, -0.25) is 4.79 Å². The molecule has 1 fully saturated rings. The number of esters is 1. The van der Waals surface area contributed by atoms with E-state index in [1.54, 1.807) is 30.3 Å². The number of carbonyl (C=O) groups excluding carboxylic acids is 1. The molecular weight excluding hydrogens is 705 g/mol. The first-order valence-electron chi connectivity index (χ1n) is 17.8. The molecule has 5 rings (SSSR count). The van der Waals surface area contributed by atoms with Crippen molar-refractivity contribution in [3.05, 3.63) is 94.0 Å². The third kappa shape index (κ3) is 12.4. The molecule has 0 amide bonds. The van der Waals surface area contributed by atoms with Gasteiger partial charge in [-0.25, -0.2) is 0 Å². The number of hydrogen-bond donors (Lipinski definition) is 0. The monoisotopic (exact) mass is 753 g/mol. The summed E-state index contributed by atoms with van der Waals surface area (Å²) in [5.74, 6) is 1.94. The van der Waals surface area contributed by atoms with Gasteiger partial charge in [0.1, 0.15) is 22.1 Å². The first kappa shape index (κ1) is 41.0. The zero-order valence-electron chi connectivity index (χ0n) is 30.4. The summed E-state index contributed by atoms with van der Waals surface area (Å²) >= 11 is 11.5. The first-order chi connectivity index (χ1) is 25.2. The van der Waals surface area contributed by atoms with Crippen LogP contribution in [0.5, 0.6) is 23.0 Å². The molecule has 3 atom stereocenters. The Labute approximate surface area is 317 Å². The van der Waals surface area contributed by atoms with Gasteiger partial charge in [-0.2, -0.15) is 5.26 Å². The highest BCUT2D eigenvalue weighted by Crippen LogP contribution is 2.60. The molecule has 52 heavy (non-hydrogen) atoms. The highest BCUT2D eigenvalue weighted by atomic mass is 35.5. The minimum atomic E-state index is -1.03. The van der Waals surface area contributed by atoms with E-state index in [1.165, 1.54) is 11.1 Å². The van der Waals surface area contributed by atoms with Crippen molar-refractivity contribution < 1.29 is 38.0 Å². The van der Waals surface area contributed by atoms with Crippen molar-refractivity contribution in [2.75, 3.05) is 39.8 Å². The normalized spacial score (nSPS) is 16.9. The number of fused-ring (bicyclic) bond motifs is 1. The van der Waals surface area contributed by atoms with E-state index in [-0.39, 0.29) is 21.7 Å². The van der Waals surface area contributed by atoms with Gasteiger partial charge in [0.15, 0.2) is 11.5 Å². The summed E-state index contributed by atoms with van der Waals surface area (Å²) in [5.41, 5.74) is 2.67. The van der Waals surface area contributed by atoms with Crippen LogP contribution in [0.1, 0.15) is 69.8 Å². The van der Waals surface area contributed by atoms with Crippen LogP contribution in [0.25, 0.3) is 0 Å². The third-order valence-corrected chi connectivity index (χ3v) is 9.07. The quantitative estimate of drug-likeness (QED) is 0.0874. The lowest BCUT2D eigenvalue weighted by Gasteiger charge is -2.13. The lowest BCUT2D eigenvalue weighted by atomic mass is 10.0. The Morgan fingerprint density at radius 1 is 0.885 bits per heavy atom. The number of unbranched alkanes of at least 4 members (excludes halogenated alkanes) is 1. The summed E-state index contributed by atoms with van der Waals surface area (Å²) in [6, 6.07) is 22.4. The Kier molecular flexibility index (Phi) is 16.6. The van der Waals surface area contributed by atoms with Crippen LogP contribution in [0.15, 0.2) is 77.3 Å². The van der Waals surface area contributed by atoms with Crippen LogP contribution < -0.4 is 14.2 Å². The van der Waals surface area contributed by atoms with Crippen LogP contribution in [0.4, 0.5) is 0 Å². The highest BCUT2D eigenvalue weighted by molar-refractivity contribution is 6.55. The summed E-state index contributed by atoms with van der Waals surface area (Å²) < 4.78 is 39.0. The number of carbonyl (C=O) groups is 1. The maximum atomic E-state index is 12.6. The lowest BCUT2D eigenvalue weighted by Crippen LogP contribution is -2.14. The largest absolute Gasteiger partial charge is 0.457 e. The summed E-state index contributed by atoms with van der Waals surface area (Å²) in [4.78, 5) is 12.6. The molecule has 2 aliphatic rings. The van der Waals surface area contributed by atoms with Gasteiger partial charge >= 0.3 is 5.97 Å². The van der Waals surface area contributed by atoms with Crippen LogP contribution in [0.2, 0.25) is 0 Å². The van der Waals surface area contributed by atoms with Crippen molar-refractivity contribution in [2.45, 2.75) is 66.1 Å². The smallest absolute Gasteiger partial charge is 0.311 e. The molecule has 9 nitrogen and oxygen atoms in total. The fourth-order valence-electron chi connectivity index (χ4n) is 5.83. The molecular formula is C41H49Cl2NO8. The van der Waals surface area contributed by atoms with E-state index in [0.717, 1.165) is 43.8 Å². The van der Waals surface area contributed by atoms with Gasteiger partial charge in [-0.05, 0) is 77.8 Å². The summed E-state index contributed by atoms with van der Waals surface area (Å²) in [6.45, 7) is 12.3. The fraction of sp³-hybridized carbons (Fsp3) is 0.463. The number of nitrogens with zero attached hydrogens (tertiary/aromatic N) is 1. The molecule has 0 spiro atoms. The molecule has 1 heterocycles. The topological polar surface area (TPSA) is 105 Å². The predicted molar refractivity (Wildman–Crippen MR) is 201 cm³/mol. The SMILES string of the molecule is CC1(C)[C@H](C(=O)O[C@H](C#N)c2cccc(Oc3ccccc3)c2)[C@@H]1C=C(Cl)Cl.CCCCOCCOCCOCc1cc2c(cc1CCC)OCO2. The van der Waals surface area contributed by atoms with Gasteiger partial charge in [0.25, 0.3) is 0 Å². The minimum Gasteiger partial charge on any atom is -0.457 e. The summed E-state index contributed by atoms with van der Waals surface area (Å²) in [6.07, 6.45) is 4.99. The predicted octanol–water partition coefficient (Wildman–Crippen LogP) is 9.90. The van der Waals surface area contributed by atoms with E-state index in [1.807, 2.05) is 56.3 Å².